The van der Waals surface area contributed by atoms with Crippen LogP contribution in [0.5, 0.6) is 0 Å². The van der Waals surface area contributed by atoms with E-state index in [0.717, 1.165) is 0 Å². The van der Waals surface area contributed by atoms with Gasteiger partial charge < -0.3 is 5.32 Å². The van der Waals surface area contributed by atoms with Gasteiger partial charge in [0.05, 0.1) is 0 Å². The smallest absolute Gasteiger partial charge is 0.194 e. The highest BCUT2D eigenvalue weighted by Crippen LogP contribution is 1.91. The van der Waals surface area contributed by atoms with Crippen molar-refractivity contribution in [2.24, 2.45) is 0 Å². The second-order valence-electron chi connectivity index (χ2n) is 0.967. The lowest BCUT2D eigenvalue weighted by Crippen LogP contribution is -2.17. The van der Waals surface area contributed by atoms with E-state index in [0.29, 0.717) is 0 Å². The minimum Gasteiger partial charge on any atom is -0.356 e. The molecule has 1 heterocycles. The van der Waals surface area contributed by atoms with Gasteiger partial charge in [0.25, 0.3) is 0 Å². The number of nitrogens with zero attached hydrogens (tertiary/aromatic N) is 1. The van der Waals surface area contributed by atoms with Gasteiger partial charge in [0.15, 0.2) is 5.62 Å². The maximum Gasteiger partial charge on any atom is 0.194 e. The highest BCUT2D eigenvalue weighted by molar-refractivity contribution is 6.20. The van der Waals surface area contributed by atoms with Crippen molar-refractivity contribution in [3.8, 4) is 0 Å². The SMILES string of the molecule is ClC1[N]C=CN1. The molecule has 33 valence electrons. The van der Waals surface area contributed by atoms with Gasteiger partial charge in [-0.1, -0.05) is 11.6 Å². The van der Waals surface area contributed by atoms with Crippen LogP contribution in [0.3, 0.4) is 0 Å². The molecule has 1 atom stereocenters. The van der Waals surface area contributed by atoms with Crippen LogP contribution in [0.4, 0.5) is 0 Å². The molecule has 0 saturated heterocycles. The van der Waals surface area contributed by atoms with Gasteiger partial charge in [-0.15, -0.1) is 0 Å². The summed E-state index contributed by atoms with van der Waals surface area (Å²) >= 11 is 5.37. The topological polar surface area (TPSA) is 26.1 Å². The predicted molar refractivity (Wildman–Crippen MR) is 24.1 cm³/mol. The maximum atomic E-state index is 5.37. The maximum absolute atomic E-state index is 5.37. The lowest BCUT2D eigenvalue weighted by molar-refractivity contribution is 0.748. The third-order valence-corrected chi connectivity index (χ3v) is 0.764. The molecule has 0 aliphatic carbocycles. The van der Waals surface area contributed by atoms with E-state index in [1.165, 1.54) is 0 Å². The number of hydrogen-bond acceptors (Lipinski definition) is 1. The van der Waals surface area contributed by atoms with Crippen molar-refractivity contribution >= 4 is 11.6 Å². The third-order valence-electron chi connectivity index (χ3n) is 0.525. The number of rotatable bonds is 0. The molecular weight excluding hydrogens is 99.5 g/mol. The Kier molecular flexibility index (Phi) is 0.881. The zero-order chi connectivity index (χ0) is 4.41. The third kappa shape index (κ3) is 0.571. The summed E-state index contributed by atoms with van der Waals surface area (Å²) in [6, 6.07) is 0. The summed E-state index contributed by atoms with van der Waals surface area (Å²) < 4.78 is 0. The van der Waals surface area contributed by atoms with Crippen LogP contribution in [0.15, 0.2) is 12.4 Å². The first-order valence-corrected chi connectivity index (χ1v) is 2.08. The number of halogens is 1. The Bertz CT molecular complexity index is 63.2. The van der Waals surface area contributed by atoms with E-state index < -0.39 is 0 Å². The molecule has 0 saturated carbocycles. The van der Waals surface area contributed by atoms with E-state index in [2.05, 4.69) is 10.6 Å². The average molecular weight is 104 g/mol. The molecule has 0 aromatic carbocycles. The van der Waals surface area contributed by atoms with E-state index in [4.69, 9.17) is 11.6 Å². The standard InChI is InChI=1S/C3H4ClN2/c4-3-5-1-2-6-3/h1-3,5H. The van der Waals surface area contributed by atoms with Gasteiger partial charge in [-0.25, -0.2) is 0 Å². The van der Waals surface area contributed by atoms with E-state index in [9.17, 15) is 0 Å². The predicted octanol–water partition coefficient (Wildman–Crippen LogP) is 0.188. The second-order valence-corrected chi connectivity index (χ2v) is 1.38. The minimum atomic E-state index is -0.218. The summed E-state index contributed by atoms with van der Waals surface area (Å²) in [6.45, 7) is 0. The summed E-state index contributed by atoms with van der Waals surface area (Å²) in [7, 11) is 0. The van der Waals surface area contributed by atoms with Gasteiger partial charge in [-0.2, -0.15) is 0 Å². The molecule has 1 aliphatic rings. The van der Waals surface area contributed by atoms with Crippen LogP contribution >= 0.6 is 11.6 Å². The van der Waals surface area contributed by atoms with E-state index in [-0.39, 0.29) is 5.62 Å². The molecule has 6 heavy (non-hydrogen) atoms. The molecule has 0 aromatic heterocycles. The van der Waals surface area contributed by atoms with Gasteiger partial charge in [0, 0.05) is 12.4 Å². The molecule has 2 nitrogen and oxygen atoms in total. The van der Waals surface area contributed by atoms with Gasteiger partial charge in [0.1, 0.15) is 0 Å². The lowest BCUT2D eigenvalue weighted by atomic mass is 11.0. The van der Waals surface area contributed by atoms with Crippen molar-refractivity contribution in [1.82, 2.24) is 10.6 Å². The molecule has 1 rings (SSSR count). The van der Waals surface area contributed by atoms with Crippen molar-refractivity contribution in [3.63, 3.8) is 0 Å². The van der Waals surface area contributed by atoms with Crippen LogP contribution in [0, 0.1) is 0 Å². The van der Waals surface area contributed by atoms with Crippen LogP contribution in [-0.4, -0.2) is 5.62 Å². The van der Waals surface area contributed by atoms with Crippen LogP contribution in [0.2, 0.25) is 0 Å². The quantitative estimate of drug-likeness (QED) is 0.344. The molecule has 0 amide bonds. The Hall–Kier alpha value is -0.370. The Morgan fingerprint density at radius 3 is 2.83 bits per heavy atom. The zero-order valence-electron chi connectivity index (χ0n) is 3.06. The minimum absolute atomic E-state index is 0.218. The molecular formula is C3H4ClN2. The summed E-state index contributed by atoms with van der Waals surface area (Å²) in [5, 5.41) is 6.45. The average Bonchev–Trinajstić information content (AvgIpc) is 1.86. The van der Waals surface area contributed by atoms with E-state index >= 15 is 0 Å². The first-order valence-electron chi connectivity index (χ1n) is 1.65. The van der Waals surface area contributed by atoms with Crippen molar-refractivity contribution in [2.75, 3.05) is 0 Å². The fraction of sp³-hybridized carbons (Fsp3) is 0.333. The van der Waals surface area contributed by atoms with Crippen LogP contribution in [-0.2, 0) is 0 Å². The molecule has 0 bridgehead atoms. The first kappa shape index (κ1) is 3.81. The fourth-order valence-corrected chi connectivity index (χ4v) is 0.422. The summed E-state index contributed by atoms with van der Waals surface area (Å²) in [4.78, 5) is 0. The van der Waals surface area contributed by atoms with Crippen molar-refractivity contribution in [1.29, 1.82) is 0 Å². The van der Waals surface area contributed by atoms with Crippen LogP contribution < -0.4 is 10.6 Å². The number of alkyl halides is 1. The highest BCUT2D eigenvalue weighted by Gasteiger charge is 2.00. The Morgan fingerprint density at radius 1 is 1.83 bits per heavy atom. The van der Waals surface area contributed by atoms with Crippen molar-refractivity contribution < 1.29 is 0 Å². The summed E-state index contributed by atoms with van der Waals surface area (Å²) in [6.07, 6.45) is 3.34. The van der Waals surface area contributed by atoms with Gasteiger partial charge >= 0.3 is 0 Å². The summed E-state index contributed by atoms with van der Waals surface area (Å²) in [5.41, 5.74) is -0.218. The van der Waals surface area contributed by atoms with Crippen molar-refractivity contribution in [2.45, 2.75) is 5.62 Å². The lowest BCUT2D eigenvalue weighted by Gasteiger charge is -1.94. The first-order chi connectivity index (χ1) is 2.89. The molecule has 1 aliphatic heterocycles. The molecule has 0 spiro atoms. The summed E-state index contributed by atoms with van der Waals surface area (Å²) in [5.74, 6) is 0. The Morgan fingerprint density at radius 2 is 2.67 bits per heavy atom. The monoisotopic (exact) mass is 103 g/mol. The zero-order valence-corrected chi connectivity index (χ0v) is 3.81. The van der Waals surface area contributed by atoms with Gasteiger partial charge in [-0.3, -0.25) is 5.32 Å². The van der Waals surface area contributed by atoms with Crippen LogP contribution in [0.1, 0.15) is 0 Å². The number of hydrogen-bond donors (Lipinski definition) is 1. The molecule has 1 unspecified atom stereocenters. The molecule has 0 fully saturated rings. The van der Waals surface area contributed by atoms with E-state index in [1.807, 2.05) is 0 Å². The molecule has 3 heteroatoms. The molecule has 1 radical (unpaired) electrons. The second kappa shape index (κ2) is 1.39. The van der Waals surface area contributed by atoms with E-state index in [1.54, 1.807) is 12.4 Å². The Labute approximate surface area is 41.2 Å². The van der Waals surface area contributed by atoms with Gasteiger partial charge in [0.2, 0.25) is 0 Å². The highest BCUT2D eigenvalue weighted by atomic mass is 35.5. The van der Waals surface area contributed by atoms with Crippen molar-refractivity contribution in [3.05, 3.63) is 12.4 Å². The molecule has 0 aromatic rings. The normalized spacial score (nSPS) is 20.2. The largest absolute Gasteiger partial charge is 0.356 e. The number of nitrogens with one attached hydrogen (secondary N) is 1. The fourth-order valence-electron chi connectivity index (χ4n) is 0.284. The van der Waals surface area contributed by atoms with Crippen LogP contribution in [0.25, 0.3) is 0 Å². The van der Waals surface area contributed by atoms with Gasteiger partial charge in [-0.05, 0) is 0 Å². The Balaban J connectivity index is 2.32. The molecule has 1 N–H and O–H groups in total.